The lowest BCUT2D eigenvalue weighted by Crippen LogP contribution is -2.23. The number of fused-ring (bicyclic) bond motifs is 1. The molecule has 3 aromatic carbocycles. The third kappa shape index (κ3) is 4.11. The summed E-state index contributed by atoms with van der Waals surface area (Å²) in [7, 11) is 0. The standard InChI is InChI=1S/C23H19N3O3/c1-15-7-5-6-10-20(15)24-22(28)19-13-16-11-12-18(27)14-21(16)29-23(19)26-25-17-8-3-2-4-9-17/h2-14,25,27H,1H3,(H,24,28). The van der Waals surface area contributed by atoms with E-state index in [4.69, 9.17) is 4.42 Å². The van der Waals surface area contributed by atoms with E-state index in [1.807, 2.05) is 61.5 Å². The molecule has 0 aliphatic heterocycles. The molecule has 1 heterocycles. The van der Waals surface area contributed by atoms with Crippen LogP contribution in [0.3, 0.4) is 0 Å². The van der Waals surface area contributed by atoms with Crippen molar-refractivity contribution >= 4 is 28.3 Å². The van der Waals surface area contributed by atoms with E-state index in [-0.39, 0.29) is 22.8 Å². The summed E-state index contributed by atoms with van der Waals surface area (Å²) < 4.78 is 5.83. The number of anilines is 2. The summed E-state index contributed by atoms with van der Waals surface area (Å²) in [5, 5.41) is 17.6. The number of carbonyl (C=O) groups excluding carboxylic acids is 1. The summed E-state index contributed by atoms with van der Waals surface area (Å²) in [6, 6.07) is 23.3. The summed E-state index contributed by atoms with van der Waals surface area (Å²) in [6.45, 7) is 1.92. The molecule has 0 bridgehead atoms. The van der Waals surface area contributed by atoms with E-state index in [1.165, 1.54) is 6.07 Å². The monoisotopic (exact) mass is 385 g/mol. The van der Waals surface area contributed by atoms with Gasteiger partial charge in [-0.3, -0.25) is 10.2 Å². The highest BCUT2D eigenvalue weighted by Crippen LogP contribution is 2.20. The van der Waals surface area contributed by atoms with Gasteiger partial charge in [-0.15, -0.1) is 5.10 Å². The first-order chi connectivity index (χ1) is 14.1. The number of benzene rings is 3. The second-order valence-corrected chi connectivity index (χ2v) is 6.55. The van der Waals surface area contributed by atoms with E-state index in [1.54, 1.807) is 18.2 Å². The molecular formula is C23H19N3O3. The van der Waals surface area contributed by atoms with Crippen molar-refractivity contribution in [2.24, 2.45) is 5.10 Å². The van der Waals surface area contributed by atoms with Crippen LogP contribution < -0.4 is 16.3 Å². The van der Waals surface area contributed by atoms with Crippen LogP contribution in [0.4, 0.5) is 11.4 Å². The third-order valence-electron chi connectivity index (χ3n) is 4.43. The van der Waals surface area contributed by atoms with Crippen LogP contribution in [0.2, 0.25) is 0 Å². The number of aryl methyl sites for hydroxylation is 1. The molecule has 0 saturated heterocycles. The van der Waals surface area contributed by atoms with E-state index >= 15 is 0 Å². The number of amides is 1. The minimum atomic E-state index is -0.341. The maximum absolute atomic E-state index is 13.0. The van der Waals surface area contributed by atoms with Gasteiger partial charge in [0.25, 0.3) is 5.91 Å². The van der Waals surface area contributed by atoms with Crippen LogP contribution >= 0.6 is 0 Å². The molecule has 144 valence electrons. The quantitative estimate of drug-likeness (QED) is 0.447. The van der Waals surface area contributed by atoms with Gasteiger partial charge in [-0.2, -0.15) is 0 Å². The first kappa shape index (κ1) is 18.3. The molecule has 0 aliphatic rings. The third-order valence-corrected chi connectivity index (χ3v) is 4.43. The van der Waals surface area contributed by atoms with Gasteiger partial charge in [0.15, 0.2) is 0 Å². The fourth-order valence-corrected chi connectivity index (χ4v) is 2.88. The number of phenols is 1. The molecule has 0 saturated carbocycles. The Morgan fingerprint density at radius 1 is 0.966 bits per heavy atom. The molecule has 4 aromatic rings. The van der Waals surface area contributed by atoms with Crippen molar-refractivity contribution < 1.29 is 14.3 Å². The van der Waals surface area contributed by atoms with Crippen LogP contribution in [-0.2, 0) is 0 Å². The highest BCUT2D eigenvalue weighted by molar-refractivity contribution is 6.05. The lowest BCUT2D eigenvalue weighted by Gasteiger charge is -2.09. The molecule has 0 atom stereocenters. The second-order valence-electron chi connectivity index (χ2n) is 6.55. The number of carbonyl (C=O) groups is 1. The number of nitrogens with zero attached hydrogens (tertiary/aromatic N) is 1. The van der Waals surface area contributed by atoms with Crippen molar-refractivity contribution in [3.8, 4) is 5.75 Å². The van der Waals surface area contributed by atoms with Gasteiger partial charge in [-0.25, -0.2) is 0 Å². The lowest BCUT2D eigenvalue weighted by molar-refractivity contribution is 0.102. The molecule has 1 aromatic heterocycles. The van der Waals surface area contributed by atoms with Gasteiger partial charge in [0, 0.05) is 17.1 Å². The normalized spacial score (nSPS) is 11.4. The van der Waals surface area contributed by atoms with Crippen LogP contribution in [0.1, 0.15) is 15.9 Å². The Morgan fingerprint density at radius 3 is 2.52 bits per heavy atom. The van der Waals surface area contributed by atoms with Gasteiger partial charge in [0.05, 0.1) is 5.69 Å². The molecule has 0 radical (unpaired) electrons. The predicted octanol–water partition coefficient (Wildman–Crippen LogP) is 4.63. The zero-order chi connectivity index (χ0) is 20.2. The molecule has 6 heteroatoms. The molecule has 0 fully saturated rings. The van der Waals surface area contributed by atoms with Crippen molar-refractivity contribution in [2.45, 2.75) is 6.92 Å². The first-order valence-electron chi connectivity index (χ1n) is 9.09. The topological polar surface area (TPSA) is 86.9 Å². The molecule has 4 rings (SSSR count). The van der Waals surface area contributed by atoms with Crippen molar-refractivity contribution in [1.82, 2.24) is 0 Å². The maximum atomic E-state index is 13.0. The average Bonchev–Trinajstić information content (AvgIpc) is 2.74. The van der Waals surface area contributed by atoms with Crippen molar-refractivity contribution in [2.75, 3.05) is 10.7 Å². The summed E-state index contributed by atoms with van der Waals surface area (Å²) in [5.41, 5.74) is 6.12. The maximum Gasteiger partial charge on any atom is 0.261 e. The molecule has 6 nitrogen and oxygen atoms in total. The predicted molar refractivity (Wildman–Crippen MR) is 113 cm³/mol. The van der Waals surface area contributed by atoms with Crippen LogP contribution in [0.25, 0.3) is 11.0 Å². The molecule has 3 N–H and O–H groups in total. The summed E-state index contributed by atoms with van der Waals surface area (Å²) in [6.07, 6.45) is 0. The molecule has 0 unspecified atom stereocenters. The van der Waals surface area contributed by atoms with Gasteiger partial charge in [0.1, 0.15) is 16.9 Å². The Balaban J connectivity index is 1.79. The average molecular weight is 385 g/mol. The van der Waals surface area contributed by atoms with Gasteiger partial charge in [-0.05, 0) is 48.9 Å². The zero-order valence-corrected chi connectivity index (χ0v) is 15.7. The second kappa shape index (κ2) is 7.90. The Morgan fingerprint density at radius 2 is 1.72 bits per heavy atom. The van der Waals surface area contributed by atoms with Crippen LogP contribution in [0, 0.1) is 6.92 Å². The van der Waals surface area contributed by atoms with Crippen molar-refractivity contribution in [1.29, 1.82) is 0 Å². The van der Waals surface area contributed by atoms with E-state index in [0.717, 1.165) is 11.3 Å². The van der Waals surface area contributed by atoms with Crippen LogP contribution in [0.5, 0.6) is 5.75 Å². The molecular weight excluding hydrogens is 366 g/mol. The largest absolute Gasteiger partial charge is 0.508 e. The van der Waals surface area contributed by atoms with E-state index in [0.29, 0.717) is 16.7 Å². The molecule has 0 aliphatic carbocycles. The van der Waals surface area contributed by atoms with Crippen molar-refractivity contribution in [3.05, 3.63) is 95.5 Å². The number of rotatable bonds is 4. The van der Waals surface area contributed by atoms with Crippen LogP contribution in [-0.4, -0.2) is 11.0 Å². The van der Waals surface area contributed by atoms with Crippen molar-refractivity contribution in [3.63, 3.8) is 0 Å². The Labute approximate surface area is 167 Å². The number of aromatic hydroxyl groups is 1. The smallest absolute Gasteiger partial charge is 0.261 e. The number of hydrogen-bond acceptors (Lipinski definition) is 5. The number of para-hydroxylation sites is 2. The van der Waals surface area contributed by atoms with Gasteiger partial charge in [-0.1, -0.05) is 36.4 Å². The number of hydrogen-bond donors (Lipinski definition) is 3. The van der Waals surface area contributed by atoms with Gasteiger partial charge >= 0.3 is 0 Å². The van der Waals surface area contributed by atoms with E-state index < -0.39 is 0 Å². The Hall–Kier alpha value is -4.06. The van der Waals surface area contributed by atoms with Gasteiger partial charge in [0.2, 0.25) is 5.55 Å². The summed E-state index contributed by atoms with van der Waals surface area (Å²) >= 11 is 0. The van der Waals surface area contributed by atoms with Gasteiger partial charge < -0.3 is 14.8 Å². The minimum absolute atomic E-state index is 0.0698. The molecule has 1 amide bonds. The molecule has 0 spiro atoms. The lowest BCUT2D eigenvalue weighted by atomic mass is 10.1. The Kier molecular flexibility index (Phi) is 4.99. The minimum Gasteiger partial charge on any atom is -0.508 e. The first-order valence-corrected chi connectivity index (χ1v) is 9.09. The van der Waals surface area contributed by atoms with E-state index in [2.05, 4.69) is 15.8 Å². The fourth-order valence-electron chi connectivity index (χ4n) is 2.88. The van der Waals surface area contributed by atoms with Crippen LogP contribution in [0.15, 0.2) is 88.4 Å². The molecule has 29 heavy (non-hydrogen) atoms. The zero-order valence-electron chi connectivity index (χ0n) is 15.7. The number of nitrogens with one attached hydrogen (secondary N) is 2. The SMILES string of the molecule is Cc1ccccc1NC(=O)c1cc2ccc(O)cc2oc1=NNc1ccccc1. The highest BCUT2D eigenvalue weighted by Gasteiger charge is 2.14. The number of phenolic OH excluding ortho intramolecular Hbond substituents is 1. The summed E-state index contributed by atoms with van der Waals surface area (Å²) in [5.74, 6) is -0.271. The van der Waals surface area contributed by atoms with E-state index in [9.17, 15) is 9.90 Å². The summed E-state index contributed by atoms with van der Waals surface area (Å²) in [4.78, 5) is 13.0. The fraction of sp³-hybridized carbons (Fsp3) is 0.0435. The Bertz CT molecular complexity index is 1250. The highest BCUT2D eigenvalue weighted by atomic mass is 16.3.